The van der Waals surface area contributed by atoms with Crippen LogP contribution in [0.4, 0.5) is 0 Å². The summed E-state index contributed by atoms with van der Waals surface area (Å²) in [6, 6.07) is 5.32. The number of hydrogen-bond acceptors (Lipinski definition) is 9. The van der Waals surface area contributed by atoms with Gasteiger partial charge >= 0.3 is 0 Å². The molecule has 1 unspecified atom stereocenters. The van der Waals surface area contributed by atoms with Crippen LogP contribution in [0, 0.1) is 5.41 Å². The fourth-order valence-electron chi connectivity index (χ4n) is 4.14. The lowest BCUT2D eigenvalue weighted by Crippen LogP contribution is -2.50. The Labute approximate surface area is 186 Å². The number of hydrogen-bond donors (Lipinski definition) is 3. The molecule has 1 aromatic heterocycles. The van der Waals surface area contributed by atoms with Gasteiger partial charge in [-0.1, -0.05) is 11.6 Å². The molecule has 2 aliphatic rings. The van der Waals surface area contributed by atoms with Crippen LogP contribution >= 0.6 is 11.6 Å². The molecule has 0 saturated carbocycles. The summed E-state index contributed by atoms with van der Waals surface area (Å²) >= 11 is 6.20. The molecule has 9 nitrogen and oxygen atoms in total. The molecule has 0 radical (unpaired) electrons. The van der Waals surface area contributed by atoms with Gasteiger partial charge in [0.05, 0.1) is 25.4 Å². The third-order valence-electron chi connectivity index (χ3n) is 5.86. The number of amidine groups is 1. The lowest BCUT2D eigenvalue weighted by Gasteiger charge is -2.34. The Morgan fingerprint density at radius 3 is 2.94 bits per heavy atom. The third-order valence-corrected chi connectivity index (χ3v) is 6.10. The molecule has 0 bridgehead atoms. The zero-order valence-electron chi connectivity index (χ0n) is 17.6. The van der Waals surface area contributed by atoms with Crippen LogP contribution in [0.5, 0.6) is 5.75 Å². The highest BCUT2D eigenvalue weighted by atomic mass is 35.5. The topological polar surface area (TPSA) is 126 Å². The van der Waals surface area contributed by atoms with Crippen molar-refractivity contribution in [3.05, 3.63) is 40.6 Å². The fourth-order valence-corrected chi connectivity index (χ4v) is 4.33. The van der Waals surface area contributed by atoms with Crippen LogP contribution in [0.3, 0.4) is 0 Å². The van der Waals surface area contributed by atoms with Crippen LogP contribution in [0.15, 0.2) is 27.6 Å². The zero-order valence-corrected chi connectivity index (χ0v) is 18.4. The summed E-state index contributed by atoms with van der Waals surface area (Å²) in [6.07, 6.45) is 2.27. The molecule has 1 aromatic carbocycles. The number of halogens is 1. The minimum Gasteiger partial charge on any atom is -0.496 e. The SMILES string of the molecule is COc1ccc(Cl)cc1CN1CCN=C(N)C1CC(=N)c1nnc(C2CCNCC2)o1. The Balaban J connectivity index is 1.48. The van der Waals surface area contributed by atoms with Crippen LogP contribution < -0.4 is 15.8 Å². The van der Waals surface area contributed by atoms with Gasteiger partial charge in [0.1, 0.15) is 11.6 Å². The molecular weight excluding hydrogens is 418 g/mol. The van der Waals surface area contributed by atoms with Crippen LogP contribution in [0.25, 0.3) is 0 Å². The Morgan fingerprint density at radius 1 is 1.35 bits per heavy atom. The summed E-state index contributed by atoms with van der Waals surface area (Å²) in [5.41, 5.74) is 7.48. The minimum atomic E-state index is -0.237. The highest BCUT2D eigenvalue weighted by molar-refractivity contribution is 6.30. The van der Waals surface area contributed by atoms with E-state index in [0.29, 0.717) is 36.3 Å². The Bertz CT molecular complexity index is 955. The standard InChI is InChI=1S/C21H28ClN7O2/c1-30-18-3-2-15(22)10-14(18)12-29-9-8-26-19(24)17(29)11-16(23)21-28-27-20(31-21)13-4-6-25-7-5-13/h2-3,10,13,17,23,25H,4-9,11-12H2,1H3,(H2,24,26). The van der Waals surface area contributed by atoms with Crippen molar-refractivity contribution in [2.75, 3.05) is 33.3 Å². The normalized spacial score (nSPS) is 20.5. The molecule has 4 rings (SSSR count). The van der Waals surface area contributed by atoms with E-state index >= 15 is 0 Å². The van der Waals surface area contributed by atoms with Crippen molar-refractivity contribution in [3.63, 3.8) is 0 Å². The monoisotopic (exact) mass is 445 g/mol. The van der Waals surface area contributed by atoms with Crippen LogP contribution in [-0.2, 0) is 6.54 Å². The molecule has 2 aliphatic heterocycles. The lowest BCUT2D eigenvalue weighted by atomic mass is 9.98. The van der Waals surface area contributed by atoms with Crippen molar-refractivity contribution in [1.29, 1.82) is 5.41 Å². The van der Waals surface area contributed by atoms with Crippen molar-refractivity contribution in [1.82, 2.24) is 20.4 Å². The molecule has 1 fully saturated rings. The summed E-state index contributed by atoms with van der Waals surface area (Å²) in [4.78, 5) is 6.60. The van der Waals surface area contributed by atoms with Crippen molar-refractivity contribution < 1.29 is 9.15 Å². The molecule has 4 N–H and O–H groups in total. The molecule has 0 amide bonds. The maximum absolute atomic E-state index is 8.57. The minimum absolute atomic E-state index is 0.237. The van der Waals surface area contributed by atoms with Gasteiger partial charge in [0.25, 0.3) is 5.89 Å². The van der Waals surface area contributed by atoms with Crippen LogP contribution in [-0.4, -0.2) is 66.0 Å². The summed E-state index contributed by atoms with van der Waals surface area (Å²) in [5.74, 6) is 2.40. The number of nitrogens with two attached hydrogens (primary N) is 1. The number of rotatable bonds is 7. The molecule has 0 aliphatic carbocycles. The first-order chi connectivity index (χ1) is 15.0. The third kappa shape index (κ3) is 5.06. The van der Waals surface area contributed by atoms with Crippen LogP contribution in [0.2, 0.25) is 5.02 Å². The number of ether oxygens (including phenoxy) is 1. The van der Waals surface area contributed by atoms with Gasteiger partial charge in [-0.25, -0.2) is 0 Å². The van der Waals surface area contributed by atoms with E-state index in [4.69, 9.17) is 31.9 Å². The Morgan fingerprint density at radius 2 is 2.16 bits per heavy atom. The number of aliphatic imine (C=N–C) groups is 1. The average molecular weight is 446 g/mol. The van der Waals surface area contributed by atoms with Crippen molar-refractivity contribution in [3.8, 4) is 5.75 Å². The predicted octanol–water partition coefficient (Wildman–Crippen LogP) is 2.20. The van der Waals surface area contributed by atoms with E-state index in [0.717, 1.165) is 43.8 Å². The fraction of sp³-hybridized carbons (Fsp3) is 0.524. The van der Waals surface area contributed by atoms with E-state index in [2.05, 4.69) is 25.4 Å². The zero-order chi connectivity index (χ0) is 21.8. The second-order valence-corrected chi connectivity index (χ2v) is 8.34. The quantitative estimate of drug-likeness (QED) is 0.557. The first-order valence-electron chi connectivity index (χ1n) is 10.5. The van der Waals surface area contributed by atoms with Gasteiger partial charge in [-0.2, -0.15) is 0 Å². The van der Waals surface area contributed by atoms with E-state index in [9.17, 15) is 0 Å². The summed E-state index contributed by atoms with van der Waals surface area (Å²) in [5, 5.41) is 20.9. The number of nitrogens with zero attached hydrogens (tertiary/aromatic N) is 4. The smallest absolute Gasteiger partial charge is 0.261 e. The Kier molecular flexibility index (Phi) is 6.84. The number of nitrogens with one attached hydrogen (secondary N) is 2. The molecule has 166 valence electrons. The maximum atomic E-state index is 8.57. The molecule has 0 spiro atoms. The first kappa shape index (κ1) is 21.7. The van der Waals surface area contributed by atoms with Crippen molar-refractivity contribution >= 4 is 23.1 Å². The molecule has 2 aromatic rings. The molecule has 1 saturated heterocycles. The molecule has 10 heteroatoms. The van der Waals surface area contributed by atoms with Gasteiger partial charge in [-0.3, -0.25) is 15.3 Å². The Hall–Kier alpha value is -2.49. The molecule has 3 heterocycles. The highest BCUT2D eigenvalue weighted by Gasteiger charge is 2.30. The van der Waals surface area contributed by atoms with Gasteiger partial charge in [-0.05, 0) is 44.1 Å². The van der Waals surface area contributed by atoms with Gasteiger partial charge in [0.15, 0.2) is 0 Å². The first-order valence-corrected chi connectivity index (χ1v) is 10.9. The summed E-state index contributed by atoms with van der Waals surface area (Å²) in [6.45, 7) is 3.80. The summed E-state index contributed by atoms with van der Waals surface area (Å²) in [7, 11) is 1.64. The average Bonchev–Trinajstić information content (AvgIpc) is 3.27. The summed E-state index contributed by atoms with van der Waals surface area (Å²) < 4.78 is 11.3. The van der Waals surface area contributed by atoms with Gasteiger partial charge in [0, 0.05) is 36.0 Å². The molecule has 31 heavy (non-hydrogen) atoms. The second kappa shape index (κ2) is 9.76. The predicted molar refractivity (Wildman–Crippen MR) is 119 cm³/mol. The number of piperidine rings is 1. The highest BCUT2D eigenvalue weighted by Crippen LogP contribution is 2.27. The lowest BCUT2D eigenvalue weighted by molar-refractivity contribution is 0.228. The number of methoxy groups -OCH3 is 1. The van der Waals surface area contributed by atoms with Crippen LogP contribution in [0.1, 0.15) is 42.5 Å². The van der Waals surface area contributed by atoms with Crippen molar-refractivity contribution in [2.24, 2.45) is 10.7 Å². The van der Waals surface area contributed by atoms with E-state index < -0.39 is 0 Å². The second-order valence-electron chi connectivity index (χ2n) is 7.90. The van der Waals surface area contributed by atoms with E-state index in [1.54, 1.807) is 13.2 Å². The van der Waals surface area contributed by atoms with E-state index in [1.807, 2.05) is 12.1 Å². The molecule has 1 atom stereocenters. The van der Waals surface area contributed by atoms with E-state index in [-0.39, 0.29) is 23.6 Å². The number of benzene rings is 1. The largest absolute Gasteiger partial charge is 0.496 e. The van der Waals surface area contributed by atoms with Gasteiger partial charge in [-0.15, -0.1) is 10.2 Å². The van der Waals surface area contributed by atoms with E-state index in [1.165, 1.54) is 0 Å². The van der Waals surface area contributed by atoms with Gasteiger partial charge in [0.2, 0.25) is 5.89 Å². The molecular formula is C21H28ClN7O2. The van der Waals surface area contributed by atoms with Gasteiger partial charge < -0.3 is 20.2 Å². The number of aromatic nitrogens is 2. The maximum Gasteiger partial charge on any atom is 0.261 e. The van der Waals surface area contributed by atoms with Crippen molar-refractivity contribution in [2.45, 2.75) is 37.8 Å².